The zero-order valence-electron chi connectivity index (χ0n) is 13.1. The molecule has 0 radical (unpaired) electrons. The summed E-state index contributed by atoms with van der Waals surface area (Å²) in [4.78, 5) is 9.14. The first-order valence-electron chi connectivity index (χ1n) is 7.01. The molecular weight excluding hydrogens is 288 g/mol. The summed E-state index contributed by atoms with van der Waals surface area (Å²) in [6.45, 7) is 11.0. The van der Waals surface area contributed by atoms with Crippen LogP contribution in [0.5, 0.6) is 0 Å². The summed E-state index contributed by atoms with van der Waals surface area (Å²) in [5.41, 5.74) is 1.05. The van der Waals surface area contributed by atoms with Crippen molar-refractivity contribution in [3.8, 4) is 0 Å². The van der Waals surface area contributed by atoms with Crippen LogP contribution in [0.2, 0.25) is 0 Å². The topological polar surface area (TPSA) is 49.3 Å². The molecule has 0 fully saturated rings. The molecule has 0 aliphatic heterocycles. The van der Waals surface area contributed by atoms with Crippen LogP contribution in [0.3, 0.4) is 0 Å². The zero-order valence-corrected chi connectivity index (χ0v) is 14.7. The van der Waals surface area contributed by atoms with Crippen LogP contribution >= 0.6 is 23.1 Å². The van der Waals surface area contributed by atoms with Crippen LogP contribution in [0.15, 0.2) is 10.4 Å². The largest absolute Gasteiger partial charge is 0.357 e. The summed E-state index contributed by atoms with van der Waals surface area (Å²) in [6.07, 6.45) is 3.13. The molecule has 114 valence electrons. The van der Waals surface area contributed by atoms with E-state index in [2.05, 4.69) is 59.9 Å². The molecule has 20 heavy (non-hydrogen) atoms. The summed E-state index contributed by atoms with van der Waals surface area (Å²) in [5.74, 6) is 0.862. The fourth-order valence-electron chi connectivity index (χ4n) is 1.45. The predicted octanol–water partition coefficient (Wildman–Crippen LogP) is 2.90. The molecule has 0 saturated heterocycles. The van der Waals surface area contributed by atoms with Crippen LogP contribution in [0.4, 0.5) is 0 Å². The van der Waals surface area contributed by atoms with E-state index in [1.54, 1.807) is 11.3 Å². The van der Waals surface area contributed by atoms with Gasteiger partial charge in [-0.15, -0.1) is 11.3 Å². The third-order valence-electron chi connectivity index (χ3n) is 2.88. The molecule has 0 aromatic carbocycles. The molecule has 1 aromatic rings. The van der Waals surface area contributed by atoms with E-state index in [1.165, 1.54) is 5.01 Å². The summed E-state index contributed by atoms with van der Waals surface area (Å²) >= 11 is 3.56. The van der Waals surface area contributed by atoms with Gasteiger partial charge in [-0.25, -0.2) is 9.98 Å². The van der Waals surface area contributed by atoms with Crippen molar-refractivity contribution in [2.75, 3.05) is 19.3 Å². The third kappa shape index (κ3) is 6.13. The van der Waals surface area contributed by atoms with Gasteiger partial charge in [0.25, 0.3) is 0 Å². The van der Waals surface area contributed by atoms with Crippen molar-refractivity contribution >= 4 is 29.1 Å². The number of aryl methyl sites for hydroxylation is 1. The van der Waals surface area contributed by atoms with Crippen LogP contribution in [-0.2, 0) is 13.0 Å². The van der Waals surface area contributed by atoms with E-state index in [4.69, 9.17) is 0 Å². The first-order chi connectivity index (χ1) is 9.50. The van der Waals surface area contributed by atoms with Gasteiger partial charge in [-0.1, -0.05) is 6.92 Å². The van der Waals surface area contributed by atoms with Gasteiger partial charge in [0.05, 0.1) is 17.2 Å². The lowest BCUT2D eigenvalue weighted by Gasteiger charge is -2.23. The average Bonchev–Trinajstić information content (AvgIpc) is 2.90. The quantitative estimate of drug-likeness (QED) is 0.600. The highest BCUT2D eigenvalue weighted by molar-refractivity contribution is 7.99. The molecule has 2 N–H and O–H groups in total. The number of nitrogens with zero attached hydrogens (tertiary/aromatic N) is 2. The minimum atomic E-state index is 0.201. The lowest BCUT2D eigenvalue weighted by Crippen LogP contribution is -2.43. The first kappa shape index (κ1) is 17.3. The monoisotopic (exact) mass is 314 g/mol. The number of aliphatic imine (C=N–C) groups is 1. The van der Waals surface area contributed by atoms with Gasteiger partial charge in [0.1, 0.15) is 0 Å². The van der Waals surface area contributed by atoms with Crippen LogP contribution in [0, 0.1) is 0 Å². The maximum absolute atomic E-state index is 4.60. The fourth-order valence-corrected chi connectivity index (χ4v) is 2.41. The van der Waals surface area contributed by atoms with Crippen LogP contribution < -0.4 is 10.6 Å². The molecule has 0 aliphatic rings. The van der Waals surface area contributed by atoms with Crippen molar-refractivity contribution in [1.29, 1.82) is 0 Å². The van der Waals surface area contributed by atoms with Gasteiger partial charge in [-0.2, -0.15) is 11.8 Å². The molecule has 0 spiro atoms. The number of rotatable bonds is 7. The Morgan fingerprint density at radius 2 is 2.15 bits per heavy atom. The lowest BCUT2D eigenvalue weighted by molar-refractivity contribution is 0.664. The van der Waals surface area contributed by atoms with Crippen molar-refractivity contribution in [1.82, 2.24) is 15.6 Å². The third-order valence-corrected chi connectivity index (χ3v) is 5.17. The lowest BCUT2D eigenvalue weighted by atomic mass is 10.2. The van der Waals surface area contributed by atoms with Crippen molar-refractivity contribution in [3.05, 3.63) is 16.1 Å². The molecule has 1 heterocycles. The number of aromatic nitrogens is 1. The van der Waals surface area contributed by atoms with Gasteiger partial charge in [-0.3, -0.25) is 0 Å². The van der Waals surface area contributed by atoms with E-state index in [0.717, 1.165) is 31.2 Å². The molecule has 4 nitrogen and oxygen atoms in total. The molecule has 0 saturated carbocycles. The summed E-state index contributed by atoms with van der Waals surface area (Å²) in [6, 6.07) is 0. The van der Waals surface area contributed by atoms with E-state index >= 15 is 0 Å². The highest BCUT2D eigenvalue weighted by Gasteiger charge is 2.16. The van der Waals surface area contributed by atoms with E-state index in [-0.39, 0.29) is 4.75 Å². The van der Waals surface area contributed by atoms with E-state index in [9.17, 15) is 0 Å². The van der Waals surface area contributed by atoms with Gasteiger partial charge < -0.3 is 10.6 Å². The molecule has 1 aromatic heterocycles. The SMILES string of the molecule is CCNC(=NCc1csc(CC)n1)NCC(C)(C)SC. The van der Waals surface area contributed by atoms with Crippen molar-refractivity contribution in [2.24, 2.45) is 4.99 Å². The summed E-state index contributed by atoms with van der Waals surface area (Å²) in [5, 5.41) is 9.94. The Balaban J connectivity index is 2.58. The Morgan fingerprint density at radius 3 is 2.70 bits per heavy atom. The van der Waals surface area contributed by atoms with Gasteiger partial charge in [0.15, 0.2) is 5.96 Å². The molecule has 1 rings (SSSR count). The average molecular weight is 315 g/mol. The van der Waals surface area contributed by atoms with Crippen molar-refractivity contribution in [2.45, 2.75) is 45.4 Å². The number of guanidine groups is 1. The second-order valence-corrected chi connectivity index (χ2v) is 7.55. The van der Waals surface area contributed by atoms with Gasteiger partial charge in [-0.05, 0) is 33.4 Å². The number of thioether (sulfide) groups is 1. The molecule has 6 heteroatoms. The molecule has 0 unspecified atom stereocenters. The first-order valence-corrected chi connectivity index (χ1v) is 9.11. The minimum Gasteiger partial charge on any atom is -0.357 e. The molecule has 0 atom stereocenters. The van der Waals surface area contributed by atoms with Gasteiger partial charge in [0.2, 0.25) is 0 Å². The molecule has 0 aliphatic carbocycles. The van der Waals surface area contributed by atoms with Crippen molar-refractivity contribution in [3.63, 3.8) is 0 Å². The van der Waals surface area contributed by atoms with Gasteiger partial charge >= 0.3 is 0 Å². The summed E-state index contributed by atoms with van der Waals surface area (Å²) < 4.78 is 0.201. The normalized spacial score (nSPS) is 12.6. The predicted molar refractivity (Wildman–Crippen MR) is 91.9 cm³/mol. The second-order valence-electron chi connectivity index (χ2n) is 5.10. The molecule has 0 amide bonds. The molecule has 0 bridgehead atoms. The number of hydrogen-bond acceptors (Lipinski definition) is 4. The minimum absolute atomic E-state index is 0.201. The Bertz CT molecular complexity index is 427. The molecular formula is C14H26N4S2. The smallest absolute Gasteiger partial charge is 0.191 e. The standard InChI is InChI=1S/C14H26N4S2/c1-6-12-18-11(9-20-12)8-16-13(15-7-2)17-10-14(3,4)19-5/h9H,6-8,10H2,1-5H3,(H2,15,16,17). The Hall–Kier alpha value is -0.750. The Morgan fingerprint density at radius 1 is 1.40 bits per heavy atom. The highest BCUT2D eigenvalue weighted by Crippen LogP contribution is 2.19. The van der Waals surface area contributed by atoms with E-state index < -0.39 is 0 Å². The van der Waals surface area contributed by atoms with Crippen LogP contribution in [-0.4, -0.2) is 35.0 Å². The van der Waals surface area contributed by atoms with E-state index in [0.29, 0.717) is 6.54 Å². The second kappa shape index (κ2) is 8.52. The Labute approximate surface area is 130 Å². The maximum atomic E-state index is 4.60. The van der Waals surface area contributed by atoms with Crippen LogP contribution in [0.25, 0.3) is 0 Å². The van der Waals surface area contributed by atoms with Gasteiger partial charge in [0, 0.05) is 23.2 Å². The highest BCUT2D eigenvalue weighted by atomic mass is 32.2. The summed E-state index contributed by atoms with van der Waals surface area (Å²) in [7, 11) is 0. The van der Waals surface area contributed by atoms with Crippen LogP contribution in [0.1, 0.15) is 38.4 Å². The van der Waals surface area contributed by atoms with Crippen molar-refractivity contribution < 1.29 is 0 Å². The Kier molecular flexibility index (Phi) is 7.37. The zero-order chi connectivity index (χ0) is 15.0. The maximum Gasteiger partial charge on any atom is 0.191 e. The van der Waals surface area contributed by atoms with E-state index in [1.807, 2.05) is 11.8 Å². The number of nitrogens with one attached hydrogen (secondary N) is 2. The fraction of sp³-hybridized carbons (Fsp3) is 0.714. The number of hydrogen-bond donors (Lipinski definition) is 2. The number of thiazole rings is 1.